The topological polar surface area (TPSA) is 20.2 Å². The highest BCUT2D eigenvalue weighted by Crippen LogP contribution is 2.34. The summed E-state index contributed by atoms with van der Waals surface area (Å²) in [7, 11) is 0. The average molecular weight is 156 g/mol. The van der Waals surface area contributed by atoms with E-state index in [1.807, 2.05) is 0 Å². The standard InChI is InChI=1S/C10H20O/c1-7(2)10-5-4-9(11)6-8(10)3/h7-11H,4-6H2,1-3H3/t8-,9+,10+/m1/s1. The van der Waals surface area contributed by atoms with Gasteiger partial charge in [-0.3, -0.25) is 0 Å². The van der Waals surface area contributed by atoms with Crippen molar-refractivity contribution in [1.82, 2.24) is 0 Å². The van der Waals surface area contributed by atoms with Crippen LogP contribution in [0.2, 0.25) is 0 Å². The van der Waals surface area contributed by atoms with Crippen LogP contribution in [0.25, 0.3) is 0 Å². The summed E-state index contributed by atoms with van der Waals surface area (Å²) in [6.07, 6.45) is 3.25. The molecule has 0 saturated heterocycles. The normalized spacial score (nSPS) is 39.5. The third kappa shape index (κ3) is 2.19. The quantitative estimate of drug-likeness (QED) is 0.618. The molecule has 0 unspecified atom stereocenters. The molecule has 1 nitrogen and oxygen atoms in total. The van der Waals surface area contributed by atoms with Crippen LogP contribution in [0.3, 0.4) is 0 Å². The molecular formula is C10H20O. The number of rotatable bonds is 1. The van der Waals surface area contributed by atoms with E-state index in [4.69, 9.17) is 0 Å². The van der Waals surface area contributed by atoms with Gasteiger partial charge in [-0.2, -0.15) is 0 Å². The fourth-order valence-electron chi connectivity index (χ4n) is 2.38. The van der Waals surface area contributed by atoms with Crippen molar-refractivity contribution in [3.05, 3.63) is 0 Å². The Bertz CT molecular complexity index is 120. The maximum atomic E-state index is 9.38. The van der Waals surface area contributed by atoms with Gasteiger partial charge >= 0.3 is 0 Å². The van der Waals surface area contributed by atoms with E-state index in [0.717, 1.165) is 30.6 Å². The van der Waals surface area contributed by atoms with Crippen LogP contribution < -0.4 is 0 Å². The lowest BCUT2D eigenvalue weighted by Gasteiger charge is -2.34. The molecule has 0 aromatic heterocycles. The monoisotopic (exact) mass is 156 g/mol. The zero-order valence-corrected chi connectivity index (χ0v) is 7.88. The highest BCUT2D eigenvalue weighted by Gasteiger charge is 2.27. The first-order chi connectivity index (χ1) is 5.11. The Labute approximate surface area is 69.8 Å². The molecule has 1 N–H and O–H groups in total. The molecule has 0 amide bonds. The molecule has 0 aromatic carbocycles. The maximum Gasteiger partial charge on any atom is 0.0543 e. The zero-order chi connectivity index (χ0) is 8.43. The maximum absolute atomic E-state index is 9.38. The largest absolute Gasteiger partial charge is 0.393 e. The Hall–Kier alpha value is -0.0400. The lowest BCUT2D eigenvalue weighted by atomic mass is 9.73. The molecule has 1 heteroatoms. The van der Waals surface area contributed by atoms with Crippen LogP contribution in [-0.4, -0.2) is 11.2 Å². The molecule has 0 radical (unpaired) electrons. The van der Waals surface area contributed by atoms with E-state index in [-0.39, 0.29) is 6.10 Å². The predicted octanol–water partition coefficient (Wildman–Crippen LogP) is 2.44. The minimum atomic E-state index is -0.0139. The summed E-state index contributed by atoms with van der Waals surface area (Å²) in [6, 6.07) is 0. The van der Waals surface area contributed by atoms with E-state index < -0.39 is 0 Å². The van der Waals surface area contributed by atoms with Crippen molar-refractivity contribution in [2.24, 2.45) is 17.8 Å². The molecule has 3 atom stereocenters. The first-order valence-corrected chi connectivity index (χ1v) is 4.79. The van der Waals surface area contributed by atoms with Crippen LogP contribution >= 0.6 is 0 Å². The second-order valence-corrected chi connectivity index (χ2v) is 4.35. The Balaban J connectivity index is 2.44. The van der Waals surface area contributed by atoms with Crippen molar-refractivity contribution in [2.75, 3.05) is 0 Å². The molecule has 1 rings (SSSR count). The summed E-state index contributed by atoms with van der Waals surface area (Å²) >= 11 is 0. The number of hydrogen-bond donors (Lipinski definition) is 1. The van der Waals surface area contributed by atoms with Crippen molar-refractivity contribution >= 4 is 0 Å². The molecule has 66 valence electrons. The predicted molar refractivity (Wildman–Crippen MR) is 47.3 cm³/mol. The first kappa shape index (κ1) is 9.05. The summed E-state index contributed by atoms with van der Waals surface area (Å²) in [4.78, 5) is 0. The van der Waals surface area contributed by atoms with Gasteiger partial charge in [0.15, 0.2) is 0 Å². The van der Waals surface area contributed by atoms with Gasteiger partial charge in [-0.1, -0.05) is 20.8 Å². The van der Waals surface area contributed by atoms with Crippen LogP contribution in [0.15, 0.2) is 0 Å². The zero-order valence-electron chi connectivity index (χ0n) is 7.88. The third-order valence-corrected chi connectivity index (χ3v) is 3.06. The Morgan fingerprint density at radius 3 is 2.36 bits per heavy atom. The van der Waals surface area contributed by atoms with Crippen molar-refractivity contribution in [3.63, 3.8) is 0 Å². The van der Waals surface area contributed by atoms with Crippen LogP contribution in [0.4, 0.5) is 0 Å². The van der Waals surface area contributed by atoms with E-state index >= 15 is 0 Å². The Kier molecular flexibility index (Phi) is 2.94. The average Bonchev–Trinajstić information content (AvgIpc) is 1.85. The lowest BCUT2D eigenvalue weighted by molar-refractivity contribution is 0.0595. The van der Waals surface area contributed by atoms with E-state index in [0.29, 0.717) is 0 Å². The third-order valence-electron chi connectivity index (χ3n) is 3.06. The van der Waals surface area contributed by atoms with Crippen molar-refractivity contribution < 1.29 is 5.11 Å². The van der Waals surface area contributed by atoms with Gasteiger partial charge in [0.2, 0.25) is 0 Å². The summed E-state index contributed by atoms with van der Waals surface area (Å²) in [5.74, 6) is 2.36. The summed E-state index contributed by atoms with van der Waals surface area (Å²) in [5.41, 5.74) is 0. The van der Waals surface area contributed by atoms with Gasteiger partial charge in [0.1, 0.15) is 0 Å². The molecule has 0 aliphatic heterocycles. The molecule has 0 heterocycles. The SMILES string of the molecule is CC(C)[C@@H]1CC[C@H](O)C[C@H]1C. The van der Waals surface area contributed by atoms with E-state index in [9.17, 15) is 5.11 Å². The van der Waals surface area contributed by atoms with Crippen LogP contribution in [0.5, 0.6) is 0 Å². The first-order valence-electron chi connectivity index (χ1n) is 4.79. The number of hydrogen-bond acceptors (Lipinski definition) is 1. The molecule has 0 bridgehead atoms. The highest BCUT2D eigenvalue weighted by molar-refractivity contribution is 4.78. The van der Waals surface area contributed by atoms with Crippen molar-refractivity contribution in [2.45, 2.75) is 46.1 Å². The summed E-state index contributed by atoms with van der Waals surface area (Å²) in [5, 5.41) is 9.38. The van der Waals surface area contributed by atoms with Gasteiger partial charge in [0.05, 0.1) is 6.10 Å². The van der Waals surface area contributed by atoms with Gasteiger partial charge in [0, 0.05) is 0 Å². The second kappa shape index (κ2) is 3.57. The second-order valence-electron chi connectivity index (χ2n) is 4.35. The fraction of sp³-hybridized carbons (Fsp3) is 1.00. The van der Waals surface area contributed by atoms with E-state index in [1.165, 1.54) is 6.42 Å². The van der Waals surface area contributed by atoms with E-state index in [1.54, 1.807) is 0 Å². The lowest BCUT2D eigenvalue weighted by Crippen LogP contribution is -2.28. The molecule has 1 aliphatic rings. The van der Waals surface area contributed by atoms with Crippen LogP contribution in [-0.2, 0) is 0 Å². The van der Waals surface area contributed by atoms with Crippen LogP contribution in [0, 0.1) is 17.8 Å². The number of aliphatic hydroxyl groups is 1. The molecule has 1 saturated carbocycles. The fourth-order valence-corrected chi connectivity index (χ4v) is 2.38. The Morgan fingerprint density at radius 1 is 1.27 bits per heavy atom. The van der Waals surface area contributed by atoms with Gasteiger partial charge in [-0.25, -0.2) is 0 Å². The Morgan fingerprint density at radius 2 is 1.91 bits per heavy atom. The molecule has 1 aliphatic carbocycles. The van der Waals surface area contributed by atoms with Crippen molar-refractivity contribution in [3.8, 4) is 0 Å². The van der Waals surface area contributed by atoms with Gasteiger partial charge in [0.25, 0.3) is 0 Å². The van der Waals surface area contributed by atoms with E-state index in [2.05, 4.69) is 20.8 Å². The van der Waals surface area contributed by atoms with Crippen molar-refractivity contribution in [1.29, 1.82) is 0 Å². The molecule has 1 fully saturated rings. The molecule has 0 spiro atoms. The van der Waals surface area contributed by atoms with Gasteiger partial charge in [-0.15, -0.1) is 0 Å². The smallest absolute Gasteiger partial charge is 0.0543 e. The summed E-state index contributed by atoms with van der Waals surface area (Å²) in [6.45, 7) is 6.85. The van der Waals surface area contributed by atoms with Crippen LogP contribution in [0.1, 0.15) is 40.0 Å². The number of aliphatic hydroxyl groups excluding tert-OH is 1. The minimum Gasteiger partial charge on any atom is -0.393 e. The summed E-state index contributed by atoms with van der Waals surface area (Å²) < 4.78 is 0. The highest BCUT2D eigenvalue weighted by atomic mass is 16.3. The van der Waals surface area contributed by atoms with Gasteiger partial charge in [-0.05, 0) is 37.0 Å². The molecule has 11 heavy (non-hydrogen) atoms. The minimum absolute atomic E-state index is 0.0139. The van der Waals surface area contributed by atoms with Gasteiger partial charge < -0.3 is 5.11 Å². The molecular weight excluding hydrogens is 136 g/mol. The molecule has 0 aromatic rings.